The second-order valence-corrected chi connectivity index (χ2v) is 2.82. The minimum atomic E-state index is -0.986. The van der Waals surface area contributed by atoms with Gasteiger partial charge in [-0.2, -0.15) is 0 Å². The van der Waals surface area contributed by atoms with Crippen LogP contribution in [0, 0.1) is 5.92 Å². The molecule has 0 aromatic rings. The lowest BCUT2D eigenvalue weighted by atomic mass is 10.0. The lowest BCUT2D eigenvalue weighted by Crippen LogP contribution is -2.46. The van der Waals surface area contributed by atoms with Crippen LogP contribution in [0.1, 0.15) is 26.7 Å². The monoisotopic (exact) mass is 201 g/mol. The summed E-state index contributed by atoms with van der Waals surface area (Å²) in [4.78, 5) is 32.4. The van der Waals surface area contributed by atoms with Crippen LogP contribution in [0.25, 0.3) is 0 Å². The first kappa shape index (κ1) is 12.4. The molecular weight excluding hydrogens is 186 g/mol. The van der Waals surface area contributed by atoms with Crippen LogP contribution in [0.3, 0.4) is 0 Å². The summed E-state index contributed by atoms with van der Waals surface area (Å²) in [5, 5.41) is 3.77. The average Bonchev–Trinajstić information content (AvgIpc) is 2.04. The largest absolute Gasteiger partial charge is 0.351 e. The maximum atomic E-state index is 11.3. The summed E-state index contributed by atoms with van der Waals surface area (Å²) in [6, 6.07) is -1.87. The number of carbonyl (C=O) groups excluding carboxylic acids is 3. The SMILES string of the molecule is CCC(CC)C(=O)NC(=O)NC(N)=O. The third kappa shape index (κ3) is 4.44. The average molecular weight is 201 g/mol. The van der Waals surface area contributed by atoms with Crippen molar-refractivity contribution in [2.45, 2.75) is 26.7 Å². The first-order chi connectivity index (χ1) is 6.51. The fourth-order valence-electron chi connectivity index (χ4n) is 1.02. The van der Waals surface area contributed by atoms with Crippen molar-refractivity contribution in [3.8, 4) is 0 Å². The Morgan fingerprint density at radius 2 is 1.64 bits per heavy atom. The van der Waals surface area contributed by atoms with Crippen molar-refractivity contribution in [3.63, 3.8) is 0 Å². The number of amides is 5. The van der Waals surface area contributed by atoms with Crippen molar-refractivity contribution in [1.82, 2.24) is 10.6 Å². The molecule has 0 aliphatic heterocycles. The van der Waals surface area contributed by atoms with Gasteiger partial charge in [-0.1, -0.05) is 13.8 Å². The van der Waals surface area contributed by atoms with Gasteiger partial charge in [0.25, 0.3) is 0 Å². The van der Waals surface area contributed by atoms with Gasteiger partial charge < -0.3 is 5.73 Å². The predicted octanol–water partition coefficient (Wildman–Crippen LogP) is 0.327. The van der Waals surface area contributed by atoms with Gasteiger partial charge in [0.1, 0.15) is 0 Å². The predicted molar refractivity (Wildman–Crippen MR) is 50.3 cm³/mol. The van der Waals surface area contributed by atoms with Crippen LogP contribution in [0.4, 0.5) is 9.59 Å². The van der Waals surface area contributed by atoms with Crippen LogP contribution in [0.2, 0.25) is 0 Å². The zero-order chi connectivity index (χ0) is 11.1. The van der Waals surface area contributed by atoms with E-state index in [1.165, 1.54) is 0 Å². The van der Waals surface area contributed by atoms with Crippen molar-refractivity contribution >= 4 is 18.0 Å². The molecule has 6 heteroatoms. The first-order valence-electron chi connectivity index (χ1n) is 4.42. The lowest BCUT2D eigenvalue weighted by molar-refractivity contribution is -0.124. The van der Waals surface area contributed by atoms with E-state index in [-0.39, 0.29) is 5.92 Å². The molecule has 0 fully saturated rings. The Kier molecular flexibility index (Phi) is 5.28. The summed E-state index contributed by atoms with van der Waals surface area (Å²) >= 11 is 0. The van der Waals surface area contributed by atoms with E-state index in [4.69, 9.17) is 0 Å². The Balaban J connectivity index is 4.04. The highest BCUT2D eigenvalue weighted by atomic mass is 16.2. The quantitative estimate of drug-likeness (QED) is 0.613. The molecular formula is C8H15N3O3. The normalized spacial score (nSPS) is 9.64. The summed E-state index contributed by atoms with van der Waals surface area (Å²) in [6.45, 7) is 3.69. The molecule has 0 rings (SSSR count). The number of imide groups is 2. The Morgan fingerprint density at radius 3 is 2.00 bits per heavy atom. The van der Waals surface area contributed by atoms with Crippen LogP contribution in [0.15, 0.2) is 0 Å². The van der Waals surface area contributed by atoms with Gasteiger partial charge in [0.05, 0.1) is 0 Å². The summed E-state index contributed by atoms with van der Waals surface area (Å²) in [5.74, 6) is -0.609. The Labute approximate surface area is 82.2 Å². The van der Waals surface area contributed by atoms with Gasteiger partial charge in [0.2, 0.25) is 5.91 Å². The molecule has 0 bridgehead atoms. The molecule has 0 radical (unpaired) electrons. The number of nitrogens with two attached hydrogens (primary N) is 1. The first-order valence-corrected chi connectivity index (χ1v) is 4.42. The molecule has 0 saturated carbocycles. The van der Waals surface area contributed by atoms with E-state index in [1.54, 1.807) is 5.32 Å². The smallest absolute Gasteiger partial charge is 0.329 e. The fraction of sp³-hybridized carbons (Fsp3) is 0.625. The van der Waals surface area contributed by atoms with Crippen LogP contribution < -0.4 is 16.4 Å². The van der Waals surface area contributed by atoms with Gasteiger partial charge in [-0.15, -0.1) is 0 Å². The number of carbonyl (C=O) groups is 3. The summed E-state index contributed by atoms with van der Waals surface area (Å²) in [5.41, 5.74) is 4.69. The molecule has 0 saturated heterocycles. The third-order valence-corrected chi connectivity index (χ3v) is 1.83. The maximum Gasteiger partial charge on any atom is 0.329 e. The Hall–Kier alpha value is -1.59. The molecule has 0 aliphatic carbocycles. The lowest BCUT2D eigenvalue weighted by Gasteiger charge is -2.11. The highest BCUT2D eigenvalue weighted by molar-refractivity contribution is 6.01. The van der Waals surface area contributed by atoms with Gasteiger partial charge in [-0.25, -0.2) is 9.59 Å². The highest BCUT2D eigenvalue weighted by Crippen LogP contribution is 2.06. The van der Waals surface area contributed by atoms with E-state index in [9.17, 15) is 14.4 Å². The second-order valence-electron chi connectivity index (χ2n) is 2.82. The summed E-state index contributed by atoms with van der Waals surface area (Å²) in [7, 11) is 0. The molecule has 5 amide bonds. The molecule has 0 spiro atoms. The van der Waals surface area contributed by atoms with Crippen molar-refractivity contribution in [3.05, 3.63) is 0 Å². The molecule has 0 aromatic heterocycles. The Morgan fingerprint density at radius 1 is 1.14 bits per heavy atom. The van der Waals surface area contributed by atoms with Gasteiger partial charge in [-0.3, -0.25) is 15.4 Å². The second kappa shape index (κ2) is 5.95. The van der Waals surface area contributed by atoms with E-state index in [2.05, 4.69) is 5.73 Å². The molecule has 6 nitrogen and oxygen atoms in total. The number of urea groups is 2. The Bertz CT molecular complexity index is 236. The maximum absolute atomic E-state index is 11.3. The molecule has 80 valence electrons. The van der Waals surface area contributed by atoms with Crippen molar-refractivity contribution in [1.29, 1.82) is 0 Å². The zero-order valence-corrected chi connectivity index (χ0v) is 8.29. The van der Waals surface area contributed by atoms with Crippen LogP contribution >= 0.6 is 0 Å². The van der Waals surface area contributed by atoms with Crippen LogP contribution in [-0.4, -0.2) is 18.0 Å². The molecule has 4 N–H and O–H groups in total. The number of hydrogen-bond acceptors (Lipinski definition) is 3. The van der Waals surface area contributed by atoms with Gasteiger partial charge in [-0.05, 0) is 12.8 Å². The van der Waals surface area contributed by atoms with E-state index >= 15 is 0 Å². The minimum Gasteiger partial charge on any atom is -0.351 e. The van der Waals surface area contributed by atoms with Crippen molar-refractivity contribution in [2.75, 3.05) is 0 Å². The summed E-state index contributed by atoms with van der Waals surface area (Å²) in [6.07, 6.45) is 1.29. The zero-order valence-electron chi connectivity index (χ0n) is 8.29. The molecule has 14 heavy (non-hydrogen) atoms. The fourth-order valence-corrected chi connectivity index (χ4v) is 1.02. The highest BCUT2D eigenvalue weighted by Gasteiger charge is 2.16. The van der Waals surface area contributed by atoms with Gasteiger partial charge in [0, 0.05) is 5.92 Å². The summed E-state index contributed by atoms with van der Waals surface area (Å²) < 4.78 is 0. The van der Waals surface area contributed by atoms with Crippen molar-refractivity contribution < 1.29 is 14.4 Å². The van der Waals surface area contributed by atoms with Crippen molar-refractivity contribution in [2.24, 2.45) is 11.7 Å². The van der Waals surface area contributed by atoms with E-state index in [0.29, 0.717) is 12.8 Å². The standard InChI is InChI=1S/C8H15N3O3/c1-3-5(4-2)6(12)10-8(14)11-7(9)13/h5H,3-4H2,1-2H3,(H4,9,10,11,12,13,14). The van der Waals surface area contributed by atoms with E-state index < -0.39 is 18.0 Å². The van der Waals surface area contributed by atoms with Gasteiger partial charge in [0.15, 0.2) is 0 Å². The third-order valence-electron chi connectivity index (χ3n) is 1.83. The molecule has 0 aliphatic rings. The number of rotatable bonds is 3. The molecule has 0 atom stereocenters. The number of nitrogens with one attached hydrogen (secondary N) is 2. The van der Waals surface area contributed by atoms with Crippen LogP contribution in [0.5, 0.6) is 0 Å². The number of hydrogen-bond donors (Lipinski definition) is 3. The van der Waals surface area contributed by atoms with Crippen LogP contribution in [-0.2, 0) is 4.79 Å². The molecule has 0 heterocycles. The number of primary amides is 1. The molecule has 0 aromatic carbocycles. The topological polar surface area (TPSA) is 101 Å². The minimum absolute atomic E-state index is 0.214. The van der Waals surface area contributed by atoms with E-state index in [0.717, 1.165) is 0 Å². The van der Waals surface area contributed by atoms with Gasteiger partial charge >= 0.3 is 12.1 Å². The van der Waals surface area contributed by atoms with E-state index in [1.807, 2.05) is 19.2 Å². The molecule has 0 unspecified atom stereocenters.